The van der Waals surface area contributed by atoms with Crippen LogP contribution in [0.2, 0.25) is 0 Å². The second kappa shape index (κ2) is 7.06. The Labute approximate surface area is 122 Å². The van der Waals surface area contributed by atoms with Gasteiger partial charge in [-0.15, -0.1) is 0 Å². The van der Waals surface area contributed by atoms with Crippen molar-refractivity contribution >= 4 is 5.71 Å². The molecule has 2 rings (SSSR count). The molecule has 0 heterocycles. The Hall–Kier alpha value is -2.87. The fraction of sp³-hybridized carbons (Fsp3) is 0.125. The van der Waals surface area contributed by atoms with Crippen LogP contribution in [0.5, 0.6) is 5.75 Å². The van der Waals surface area contributed by atoms with Crippen molar-refractivity contribution < 1.29 is 14.0 Å². The van der Waals surface area contributed by atoms with Crippen molar-refractivity contribution in [3.63, 3.8) is 0 Å². The van der Waals surface area contributed by atoms with E-state index in [-0.39, 0.29) is 18.1 Å². The van der Waals surface area contributed by atoms with E-state index in [1.807, 2.05) is 18.2 Å². The molecule has 0 atom stereocenters. The molecule has 0 spiro atoms. The molecule has 106 valence electrons. The molecule has 0 fully saturated rings. The van der Waals surface area contributed by atoms with Gasteiger partial charge in [-0.25, -0.2) is 4.39 Å². The third-order valence-electron chi connectivity index (χ3n) is 2.77. The summed E-state index contributed by atoms with van der Waals surface area (Å²) in [5.41, 5.74) is 1.61. The summed E-state index contributed by atoms with van der Waals surface area (Å²) in [6.45, 7) is 0.242. The van der Waals surface area contributed by atoms with Crippen LogP contribution in [-0.2, 0) is 11.4 Å². The zero-order chi connectivity index (χ0) is 15.1. The van der Waals surface area contributed by atoms with Crippen LogP contribution in [0.4, 0.5) is 4.39 Å². The summed E-state index contributed by atoms with van der Waals surface area (Å²) in [5, 5.41) is 12.8. The Kier molecular flexibility index (Phi) is 4.89. The van der Waals surface area contributed by atoms with Gasteiger partial charge >= 0.3 is 0 Å². The first-order valence-corrected chi connectivity index (χ1v) is 6.22. The van der Waals surface area contributed by atoms with Gasteiger partial charge in [-0.1, -0.05) is 29.4 Å². The topological polar surface area (TPSA) is 54.6 Å². The fourth-order valence-corrected chi connectivity index (χ4v) is 1.79. The second-order valence-electron chi connectivity index (χ2n) is 4.13. The minimum absolute atomic E-state index is 0.177. The Morgan fingerprint density at radius 3 is 2.57 bits per heavy atom. The summed E-state index contributed by atoms with van der Waals surface area (Å²) in [6, 6.07) is 15.0. The summed E-state index contributed by atoms with van der Waals surface area (Å²) in [4.78, 5) is 4.66. The van der Waals surface area contributed by atoms with E-state index in [0.717, 1.165) is 5.56 Å². The number of hydrogen-bond acceptors (Lipinski definition) is 4. The third kappa shape index (κ3) is 3.80. The first kappa shape index (κ1) is 14.5. The predicted octanol–water partition coefficient (Wildman–Crippen LogP) is 3.28. The molecule has 0 aliphatic rings. The monoisotopic (exact) mass is 284 g/mol. The smallest absolute Gasteiger partial charge is 0.187 e. The van der Waals surface area contributed by atoms with Gasteiger partial charge in [0.25, 0.3) is 0 Å². The maximum atomic E-state index is 12.8. The lowest BCUT2D eigenvalue weighted by atomic mass is 10.0. The Morgan fingerprint density at radius 1 is 1.19 bits per heavy atom. The molecule has 0 unspecified atom stereocenters. The van der Waals surface area contributed by atoms with Gasteiger partial charge < -0.3 is 9.57 Å². The van der Waals surface area contributed by atoms with Crippen molar-refractivity contribution in [3.05, 3.63) is 65.5 Å². The SMILES string of the molecule is CO/N=C(/C#N)c1ccccc1COc1ccc(F)cc1. The maximum Gasteiger partial charge on any atom is 0.187 e. The van der Waals surface area contributed by atoms with Crippen molar-refractivity contribution in [1.82, 2.24) is 0 Å². The molecule has 0 amide bonds. The molecule has 0 N–H and O–H groups in total. The quantitative estimate of drug-likeness (QED) is 0.625. The van der Waals surface area contributed by atoms with E-state index in [9.17, 15) is 4.39 Å². The van der Waals surface area contributed by atoms with E-state index in [0.29, 0.717) is 11.3 Å². The van der Waals surface area contributed by atoms with Gasteiger partial charge in [0.1, 0.15) is 31.4 Å². The first-order chi connectivity index (χ1) is 10.2. The van der Waals surface area contributed by atoms with Gasteiger partial charge in [-0.2, -0.15) is 5.26 Å². The fourth-order valence-electron chi connectivity index (χ4n) is 1.79. The van der Waals surface area contributed by atoms with Crippen molar-refractivity contribution in [2.45, 2.75) is 6.61 Å². The molecular weight excluding hydrogens is 271 g/mol. The Balaban J connectivity index is 2.19. The summed E-state index contributed by atoms with van der Waals surface area (Å²) in [5.74, 6) is 0.232. The van der Waals surface area contributed by atoms with Gasteiger partial charge in [0.2, 0.25) is 0 Å². The molecule has 4 nitrogen and oxygen atoms in total. The molecule has 0 saturated carbocycles. The van der Waals surface area contributed by atoms with Gasteiger partial charge in [-0.3, -0.25) is 0 Å². The van der Waals surface area contributed by atoms with Crippen molar-refractivity contribution in [2.24, 2.45) is 5.16 Å². The minimum Gasteiger partial charge on any atom is -0.489 e. The normalized spacial score (nSPS) is 10.8. The van der Waals surface area contributed by atoms with Crippen LogP contribution >= 0.6 is 0 Å². The molecule has 2 aromatic carbocycles. The molecule has 0 bridgehead atoms. The Morgan fingerprint density at radius 2 is 1.90 bits per heavy atom. The number of nitriles is 1. The van der Waals surface area contributed by atoms with Crippen LogP contribution in [0.1, 0.15) is 11.1 Å². The van der Waals surface area contributed by atoms with Crippen LogP contribution in [0.15, 0.2) is 53.7 Å². The minimum atomic E-state index is -0.318. The van der Waals surface area contributed by atoms with Gasteiger partial charge in [0, 0.05) is 5.56 Å². The second-order valence-corrected chi connectivity index (χ2v) is 4.13. The molecule has 21 heavy (non-hydrogen) atoms. The molecule has 2 aromatic rings. The van der Waals surface area contributed by atoms with E-state index >= 15 is 0 Å². The molecule has 0 aliphatic heterocycles. The number of benzene rings is 2. The lowest BCUT2D eigenvalue weighted by Gasteiger charge is -2.09. The van der Waals surface area contributed by atoms with E-state index in [2.05, 4.69) is 9.99 Å². The third-order valence-corrected chi connectivity index (χ3v) is 2.77. The van der Waals surface area contributed by atoms with Gasteiger partial charge in [-0.05, 0) is 29.8 Å². The first-order valence-electron chi connectivity index (χ1n) is 6.22. The average Bonchev–Trinajstić information content (AvgIpc) is 2.52. The largest absolute Gasteiger partial charge is 0.489 e. The van der Waals surface area contributed by atoms with E-state index < -0.39 is 0 Å². The number of rotatable bonds is 5. The summed E-state index contributed by atoms with van der Waals surface area (Å²) in [7, 11) is 1.38. The highest BCUT2D eigenvalue weighted by Crippen LogP contribution is 2.16. The zero-order valence-corrected chi connectivity index (χ0v) is 11.4. The van der Waals surface area contributed by atoms with Gasteiger partial charge in [0.05, 0.1) is 0 Å². The lowest BCUT2D eigenvalue weighted by Crippen LogP contribution is -2.06. The summed E-state index contributed by atoms with van der Waals surface area (Å²) in [6.07, 6.45) is 0. The van der Waals surface area contributed by atoms with Crippen molar-refractivity contribution in [3.8, 4) is 11.8 Å². The van der Waals surface area contributed by atoms with Crippen LogP contribution in [0.25, 0.3) is 0 Å². The van der Waals surface area contributed by atoms with E-state index in [4.69, 9.17) is 10.00 Å². The highest BCUT2D eigenvalue weighted by atomic mass is 19.1. The molecule has 0 saturated heterocycles. The number of ether oxygens (including phenoxy) is 1. The van der Waals surface area contributed by atoms with E-state index in [1.54, 1.807) is 24.3 Å². The summed E-state index contributed by atoms with van der Waals surface area (Å²) < 4.78 is 18.4. The molecule has 0 aliphatic carbocycles. The number of nitrogens with zero attached hydrogens (tertiary/aromatic N) is 2. The number of oxime groups is 1. The average molecular weight is 284 g/mol. The number of hydrogen-bond donors (Lipinski definition) is 0. The predicted molar refractivity (Wildman–Crippen MR) is 76.3 cm³/mol. The van der Waals surface area contributed by atoms with Gasteiger partial charge in [0.15, 0.2) is 5.71 Å². The van der Waals surface area contributed by atoms with Crippen LogP contribution in [0, 0.1) is 17.1 Å². The maximum absolute atomic E-state index is 12.8. The molecular formula is C16H13FN2O2. The highest BCUT2D eigenvalue weighted by molar-refractivity contribution is 6.12. The standard InChI is InChI=1S/C16H13FN2O2/c1-20-19-16(10-18)15-5-3-2-4-12(15)11-21-14-8-6-13(17)7-9-14/h2-9H,11H2,1H3/b19-16-. The summed E-state index contributed by atoms with van der Waals surface area (Å²) >= 11 is 0. The van der Waals surface area contributed by atoms with Crippen LogP contribution in [-0.4, -0.2) is 12.8 Å². The highest BCUT2D eigenvalue weighted by Gasteiger charge is 2.10. The Bertz CT molecular complexity index is 675. The lowest BCUT2D eigenvalue weighted by molar-refractivity contribution is 0.214. The van der Waals surface area contributed by atoms with Crippen LogP contribution in [0.3, 0.4) is 0 Å². The zero-order valence-electron chi connectivity index (χ0n) is 11.4. The van der Waals surface area contributed by atoms with Crippen molar-refractivity contribution in [2.75, 3.05) is 7.11 Å². The van der Waals surface area contributed by atoms with Crippen molar-refractivity contribution in [1.29, 1.82) is 5.26 Å². The number of halogens is 1. The van der Waals surface area contributed by atoms with Crippen LogP contribution < -0.4 is 4.74 Å². The molecule has 0 aromatic heterocycles. The van der Waals surface area contributed by atoms with E-state index in [1.165, 1.54) is 19.2 Å². The molecule has 0 radical (unpaired) electrons. The molecule has 5 heteroatoms.